The summed E-state index contributed by atoms with van der Waals surface area (Å²) in [6.45, 7) is 2.10. The van der Waals surface area contributed by atoms with Gasteiger partial charge in [-0.1, -0.05) is 51.2 Å². The van der Waals surface area contributed by atoms with Crippen molar-refractivity contribution in [3.8, 4) is 0 Å². The average Bonchev–Trinajstić information content (AvgIpc) is 3.02. The fraction of sp³-hybridized carbons (Fsp3) is 0.727. The molecule has 0 saturated carbocycles. The molecule has 166 valence electrons. The number of esters is 1. The Morgan fingerprint density at radius 2 is 1.93 bits per heavy atom. The second-order valence-electron chi connectivity index (χ2n) is 7.64. The molecular formula is C22H36O6S. The van der Waals surface area contributed by atoms with Gasteiger partial charge in [0.25, 0.3) is 0 Å². The highest BCUT2D eigenvalue weighted by atomic mass is 32.2. The summed E-state index contributed by atoms with van der Waals surface area (Å²) in [5, 5.41) is 20.8. The molecule has 6 nitrogen and oxygen atoms in total. The van der Waals surface area contributed by atoms with Crippen LogP contribution in [0.1, 0.15) is 64.7 Å². The number of unbranched alkanes of at least 4 members (excludes halogenated alkanes) is 4. The molecule has 0 amide bonds. The maximum absolute atomic E-state index is 12.7. The Bertz CT molecular complexity index is 572. The van der Waals surface area contributed by atoms with Gasteiger partial charge in [-0.25, -0.2) is 0 Å². The number of hydrogen-bond acceptors (Lipinski definition) is 6. The first kappa shape index (κ1) is 25.9. The molecule has 0 saturated heterocycles. The van der Waals surface area contributed by atoms with Gasteiger partial charge in [-0.05, 0) is 36.5 Å². The summed E-state index contributed by atoms with van der Waals surface area (Å²) in [4.78, 5) is 24.1. The molecule has 1 rings (SSSR count). The number of methoxy groups -OCH3 is 1. The Labute approximate surface area is 177 Å². The first-order chi connectivity index (χ1) is 13.8. The predicted octanol–water partition coefficient (Wildman–Crippen LogP) is 3.05. The van der Waals surface area contributed by atoms with E-state index >= 15 is 0 Å². The monoisotopic (exact) mass is 428 g/mol. The van der Waals surface area contributed by atoms with Gasteiger partial charge in [-0.3, -0.25) is 9.59 Å². The molecule has 0 fully saturated rings. The molecule has 0 aromatic rings. The number of aliphatic hydroxyl groups excluding tert-OH is 2. The third kappa shape index (κ3) is 9.03. The maximum Gasteiger partial charge on any atom is 0.305 e. The normalized spacial score (nSPS) is 22.6. The number of ether oxygens (including phenoxy) is 1. The van der Waals surface area contributed by atoms with Crippen LogP contribution in [0.25, 0.3) is 0 Å². The van der Waals surface area contributed by atoms with Crippen molar-refractivity contribution in [3.63, 3.8) is 0 Å². The SMILES string of the molecule is CCCCCC(O)/C=C/C1C=C([S+](C)[O-])C(=O)C1C(O)CCCCCC(=O)OC. The van der Waals surface area contributed by atoms with Gasteiger partial charge in [0.2, 0.25) is 5.78 Å². The Hall–Kier alpha value is -1.15. The summed E-state index contributed by atoms with van der Waals surface area (Å²) in [6.07, 6.45) is 11.7. The van der Waals surface area contributed by atoms with E-state index in [4.69, 9.17) is 0 Å². The molecule has 1 aliphatic carbocycles. The molecule has 0 spiro atoms. The number of Topliss-reactive ketones (excluding diaryl/α,β-unsaturated/α-hetero) is 1. The Balaban J connectivity index is 2.65. The molecule has 0 heterocycles. The number of carbonyl (C=O) groups excluding carboxylic acids is 2. The third-order valence-corrected chi connectivity index (χ3v) is 6.25. The predicted molar refractivity (Wildman–Crippen MR) is 115 cm³/mol. The molecule has 0 aliphatic heterocycles. The van der Waals surface area contributed by atoms with E-state index < -0.39 is 29.3 Å². The van der Waals surface area contributed by atoms with Crippen molar-refractivity contribution in [1.29, 1.82) is 0 Å². The van der Waals surface area contributed by atoms with Gasteiger partial charge in [-0.2, -0.15) is 0 Å². The standard InChI is InChI=1S/C22H36O6S/c1-4-5-7-10-17(23)14-13-16-15-19(29(3)27)22(26)21(16)18(24)11-8-6-9-12-20(25)28-2/h13-18,21,23-24H,4-12H2,1-3H3/b14-13+. The highest BCUT2D eigenvalue weighted by Gasteiger charge is 2.43. The molecule has 0 aromatic carbocycles. The number of rotatable bonds is 14. The van der Waals surface area contributed by atoms with Gasteiger partial charge in [0.1, 0.15) is 6.26 Å². The highest BCUT2D eigenvalue weighted by Crippen LogP contribution is 2.35. The van der Waals surface area contributed by atoms with Crippen LogP contribution in [0.3, 0.4) is 0 Å². The lowest BCUT2D eigenvalue weighted by Gasteiger charge is -2.21. The molecule has 7 heteroatoms. The average molecular weight is 429 g/mol. The second kappa shape index (κ2) is 14.0. The minimum Gasteiger partial charge on any atom is -0.612 e. The zero-order valence-electron chi connectivity index (χ0n) is 17.8. The van der Waals surface area contributed by atoms with E-state index in [1.54, 1.807) is 18.2 Å². The maximum atomic E-state index is 12.7. The van der Waals surface area contributed by atoms with Crippen LogP contribution in [0.15, 0.2) is 23.1 Å². The summed E-state index contributed by atoms with van der Waals surface area (Å²) in [6, 6.07) is 0. The molecule has 29 heavy (non-hydrogen) atoms. The highest BCUT2D eigenvalue weighted by molar-refractivity contribution is 7.95. The van der Waals surface area contributed by atoms with Crippen LogP contribution in [0.4, 0.5) is 0 Å². The minimum absolute atomic E-state index is 0.245. The van der Waals surface area contributed by atoms with Crippen molar-refractivity contribution in [2.45, 2.75) is 76.9 Å². The van der Waals surface area contributed by atoms with Crippen LogP contribution in [0.5, 0.6) is 0 Å². The number of aliphatic hydroxyl groups is 2. The molecule has 1 aliphatic rings. The van der Waals surface area contributed by atoms with Crippen molar-refractivity contribution >= 4 is 22.9 Å². The fourth-order valence-corrected chi connectivity index (χ4v) is 4.35. The van der Waals surface area contributed by atoms with Gasteiger partial charge in [0.05, 0.1) is 25.2 Å². The molecule has 0 aromatic heterocycles. The fourth-order valence-electron chi connectivity index (χ4n) is 3.58. The van der Waals surface area contributed by atoms with Crippen LogP contribution in [0.2, 0.25) is 0 Å². The van der Waals surface area contributed by atoms with Crippen molar-refractivity contribution < 1.29 is 29.1 Å². The minimum atomic E-state index is -1.41. The van der Waals surface area contributed by atoms with Crippen molar-refractivity contribution in [1.82, 2.24) is 0 Å². The zero-order valence-corrected chi connectivity index (χ0v) is 18.7. The molecule has 0 radical (unpaired) electrons. The lowest BCUT2D eigenvalue weighted by Crippen LogP contribution is -2.31. The van der Waals surface area contributed by atoms with E-state index in [0.717, 1.165) is 25.7 Å². The van der Waals surface area contributed by atoms with Crippen LogP contribution in [-0.2, 0) is 25.5 Å². The lowest BCUT2D eigenvalue weighted by atomic mass is 9.86. The van der Waals surface area contributed by atoms with Gasteiger partial charge in [-0.15, -0.1) is 0 Å². The van der Waals surface area contributed by atoms with E-state index in [1.165, 1.54) is 13.4 Å². The van der Waals surface area contributed by atoms with E-state index in [9.17, 15) is 24.4 Å². The smallest absolute Gasteiger partial charge is 0.305 e. The van der Waals surface area contributed by atoms with E-state index in [-0.39, 0.29) is 22.6 Å². The summed E-state index contributed by atoms with van der Waals surface area (Å²) in [7, 11) is 1.36. The van der Waals surface area contributed by atoms with Crippen molar-refractivity contribution in [3.05, 3.63) is 23.1 Å². The molecule has 0 bridgehead atoms. The summed E-state index contributed by atoms with van der Waals surface area (Å²) >= 11 is -1.41. The van der Waals surface area contributed by atoms with Crippen molar-refractivity contribution in [2.75, 3.05) is 13.4 Å². The van der Waals surface area contributed by atoms with Crippen molar-refractivity contribution in [2.24, 2.45) is 11.8 Å². The Morgan fingerprint density at radius 1 is 1.24 bits per heavy atom. The first-order valence-electron chi connectivity index (χ1n) is 10.5. The van der Waals surface area contributed by atoms with E-state index in [0.29, 0.717) is 32.1 Å². The second-order valence-corrected chi connectivity index (χ2v) is 8.99. The molecule has 5 unspecified atom stereocenters. The molecule has 5 atom stereocenters. The largest absolute Gasteiger partial charge is 0.612 e. The van der Waals surface area contributed by atoms with Crippen LogP contribution in [-0.4, -0.2) is 52.1 Å². The molecule has 2 N–H and O–H groups in total. The summed E-state index contributed by atoms with van der Waals surface area (Å²) in [5.74, 6) is -1.57. The van der Waals surface area contributed by atoms with Gasteiger partial charge < -0.3 is 19.5 Å². The van der Waals surface area contributed by atoms with Gasteiger partial charge >= 0.3 is 5.97 Å². The lowest BCUT2D eigenvalue weighted by molar-refractivity contribution is -0.140. The summed E-state index contributed by atoms with van der Waals surface area (Å²) in [5.41, 5.74) is 0. The molecular weight excluding hydrogens is 392 g/mol. The van der Waals surface area contributed by atoms with Crippen LogP contribution >= 0.6 is 0 Å². The summed E-state index contributed by atoms with van der Waals surface area (Å²) < 4.78 is 16.5. The third-order valence-electron chi connectivity index (χ3n) is 5.30. The van der Waals surface area contributed by atoms with E-state index in [1.807, 2.05) is 0 Å². The quantitative estimate of drug-likeness (QED) is 0.191. The number of allylic oxidation sites excluding steroid dienone is 3. The van der Waals surface area contributed by atoms with E-state index in [2.05, 4.69) is 11.7 Å². The number of ketones is 1. The number of carbonyl (C=O) groups is 2. The van der Waals surface area contributed by atoms with Crippen LogP contribution < -0.4 is 0 Å². The first-order valence-corrected chi connectivity index (χ1v) is 12.1. The zero-order chi connectivity index (χ0) is 21.8. The van der Waals surface area contributed by atoms with Crippen LogP contribution in [0, 0.1) is 11.8 Å². The topological polar surface area (TPSA) is 107 Å². The Morgan fingerprint density at radius 3 is 2.55 bits per heavy atom. The van der Waals surface area contributed by atoms with Gasteiger partial charge in [0.15, 0.2) is 4.91 Å². The Kier molecular flexibility index (Phi) is 12.5. The van der Waals surface area contributed by atoms with Gasteiger partial charge in [0, 0.05) is 12.3 Å². The number of hydrogen-bond donors (Lipinski definition) is 2.